The summed E-state index contributed by atoms with van der Waals surface area (Å²) in [5.41, 5.74) is 4.49. The summed E-state index contributed by atoms with van der Waals surface area (Å²) in [6.07, 6.45) is 1.80. The van der Waals surface area contributed by atoms with E-state index in [1.54, 1.807) is 31.4 Å². The molecule has 33 heavy (non-hydrogen) atoms. The maximum atomic E-state index is 13.3. The maximum absolute atomic E-state index is 13.3. The van der Waals surface area contributed by atoms with Crippen LogP contribution in [-0.4, -0.2) is 18.7 Å². The number of aromatic nitrogens is 4. The van der Waals surface area contributed by atoms with Crippen molar-refractivity contribution in [3.63, 3.8) is 0 Å². The first-order chi connectivity index (χ1) is 15.7. The molecule has 5 aromatic rings. The van der Waals surface area contributed by atoms with E-state index in [0.717, 1.165) is 32.4 Å². The van der Waals surface area contributed by atoms with E-state index in [0.29, 0.717) is 32.2 Å². The van der Waals surface area contributed by atoms with Crippen LogP contribution in [0.4, 0.5) is 0 Å². The second-order valence-electron chi connectivity index (χ2n) is 8.18. The van der Waals surface area contributed by atoms with Crippen LogP contribution >= 0.6 is 23.2 Å². The van der Waals surface area contributed by atoms with Crippen LogP contribution in [0.25, 0.3) is 38.8 Å². The first kappa shape index (κ1) is 21.5. The molecule has 0 saturated heterocycles. The molecule has 0 fully saturated rings. The minimum atomic E-state index is -0.402. The maximum Gasteiger partial charge on any atom is 0.330 e. The minimum Gasteiger partial charge on any atom is -0.311 e. The summed E-state index contributed by atoms with van der Waals surface area (Å²) < 4.78 is 4.47. The fourth-order valence-corrected chi connectivity index (χ4v) is 4.75. The number of hydrogen-bond acceptors (Lipinski definition) is 3. The lowest BCUT2D eigenvalue weighted by Crippen LogP contribution is -2.36. The molecule has 0 saturated carbocycles. The third kappa shape index (κ3) is 3.21. The predicted molar refractivity (Wildman–Crippen MR) is 134 cm³/mol. The molecule has 0 N–H and O–H groups in total. The van der Waals surface area contributed by atoms with Gasteiger partial charge in [-0.15, -0.1) is 0 Å². The van der Waals surface area contributed by atoms with Crippen molar-refractivity contribution in [3.8, 4) is 16.9 Å². The topological polar surface area (TPSA) is 61.8 Å². The smallest absolute Gasteiger partial charge is 0.311 e. The summed E-state index contributed by atoms with van der Waals surface area (Å²) in [4.78, 5) is 30.8. The monoisotopic (exact) mass is 478 g/mol. The lowest BCUT2D eigenvalue weighted by molar-refractivity contribution is 0.714. The first-order valence-electron chi connectivity index (χ1n) is 10.3. The van der Waals surface area contributed by atoms with E-state index < -0.39 is 11.2 Å². The molecule has 3 heterocycles. The molecule has 0 unspecified atom stereocenters. The molecule has 0 amide bonds. The quantitative estimate of drug-likeness (QED) is 0.351. The van der Waals surface area contributed by atoms with Gasteiger partial charge in [-0.1, -0.05) is 35.3 Å². The van der Waals surface area contributed by atoms with Crippen molar-refractivity contribution in [1.29, 1.82) is 0 Å². The van der Waals surface area contributed by atoms with Gasteiger partial charge in [0.05, 0.1) is 32.8 Å². The highest BCUT2D eigenvalue weighted by atomic mass is 35.5. The highest BCUT2D eigenvalue weighted by Gasteiger charge is 2.23. The van der Waals surface area contributed by atoms with Gasteiger partial charge in [0.2, 0.25) is 0 Å². The zero-order valence-corrected chi connectivity index (χ0v) is 20.0. The van der Waals surface area contributed by atoms with Gasteiger partial charge in [-0.05, 0) is 49.7 Å². The molecule has 0 spiro atoms. The molecule has 2 aromatic carbocycles. The molecular weight excluding hydrogens is 459 g/mol. The van der Waals surface area contributed by atoms with Crippen LogP contribution in [0.15, 0.2) is 58.3 Å². The van der Waals surface area contributed by atoms with Crippen molar-refractivity contribution in [3.05, 3.63) is 90.8 Å². The molecule has 0 aliphatic carbocycles. The van der Waals surface area contributed by atoms with E-state index in [-0.39, 0.29) is 0 Å². The van der Waals surface area contributed by atoms with Gasteiger partial charge in [-0.25, -0.2) is 4.79 Å². The number of hydrogen-bond donors (Lipinski definition) is 0. The van der Waals surface area contributed by atoms with Crippen LogP contribution < -0.4 is 11.2 Å². The Bertz CT molecular complexity index is 1730. The third-order valence-corrected chi connectivity index (χ3v) is 6.70. The van der Waals surface area contributed by atoms with Crippen molar-refractivity contribution in [2.75, 3.05) is 0 Å². The molecular formula is C25H20Cl2N4O2. The van der Waals surface area contributed by atoms with E-state index in [2.05, 4.69) is 6.07 Å². The molecule has 3 aromatic heterocycles. The fraction of sp³-hybridized carbons (Fsp3) is 0.160. The third-order valence-electron chi connectivity index (χ3n) is 6.15. The van der Waals surface area contributed by atoms with Crippen LogP contribution in [0.2, 0.25) is 10.0 Å². The molecule has 6 nitrogen and oxygen atoms in total. The van der Waals surface area contributed by atoms with Crippen molar-refractivity contribution < 1.29 is 0 Å². The molecule has 166 valence electrons. The van der Waals surface area contributed by atoms with E-state index in [1.165, 1.54) is 11.6 Å². The van der Waals surface area contributed by atoms with Crippen molar-refractivity contribution >= 4 is 45.0 Å². The van der Waals surface area contributed by atoms with Gasteiger partial charge in [0.1, 0.15) is 0 Å². The highest BCUT2D eigenvalue weighted by Crippen LogP contribution is 2.37. The lowest BCUT2D eigenvalue weighted by atomic mass is 10.1. The number of aryl methyl sites for hydroxylation is 3. The average Bonchev–Trinajstić information content (AvgIpc) is 3.17. The van der Waals surface area contributed by atoms with Gasteiger partial charge in [0.15, 0.2) is 0 Å². The molecule has 0 radical (unpaired) electrons. The zero-order chi connectivity index (χ0) is 23.6. The van der Waals surface area contributed by atoms with Gasteiger partial charge in [-0.2, -0.15) is 0 Å². The predicted octanol–water partition coefficient (Wildman–Crippen LogP) is 5.17. The standard InChI is InChI=1S/C25H20Cl2N4O2/c1-13-10-15-6-5-7-19(22(15)28-14(13)2)31-12-20-21(24(32)30(4)25(33)29(20)3)23(31)17-9-8-16(26)11-18(17)27/h5-12H,1-4H3. The van der Waals surface area contributed by atoms with Crippen LogP contribution in [0.3, 0.4) is 0 Å². The number of rotatable bonds is 2. The normalized spacial score (nSPS) is 11.6. The lowest BCUT2D eigenvalue weighted by Gasteiger charge is -2.14. The average molecular weight is 479 g/mol. The van der Waals surface area contributed by atoms with E-state index in [4.69, 9.17) is 28.2 Å². The summed E-state index contributed by atoms with van der Waals surface area (Å²) in [5.74, 6) is 0. The molecule has 0 bridgehead atoms. The Kier molecular flexibility index (Phi) is 4.96. The van der Waals surface area contributed by atoms with Crippen LogP contribution in [0, 0.1) is 13.8 Å². The van der Waals surface area contributed by atoms with Gasteiger partial charge in [0, 0.05) is 42.0 Å². The van der Waals surface area contributed by atoms with Gasteiger partial charge >= 0.3 is 5.69 Å². The summed E-state index contributed by atoms with van der Waals surface area (Å²) >= 11 is 12.8. The highest BCUT2D eigenvalue weighted by molar-refractivity contribution is 6.36. The molecule has 8 heteroatoms. The molecule has 0 aliphatic rings. The van der Waals surface area contributed by atoms with Gasteiger partial charge in [0.25, 0.3) is 5.56 Å². The van der Waals surface area contributed by atoms with Crippen LogP contribution in [0.5, 0.6) is 0 Å². The Labute approximate surface area is 199 Å². The first-order valence-corrected chi connectivity index (χ1v) is 11.1. The summed E-state index contributed by atoms with van der Waals surface area (Å²) in [6, 6.07) is 13.1. The second kappa shape index (κ2) is 7.61. The largest absolute Gasteiger partial charge is 0.330 e. The van der Waals surface area contributed by atoms with E-state index in [9.17, 15) is 9.59 Å². The zero-order valence-electron chi connectivity index (χ0n) is 18.5. The van der Waals surface area contributed by atoms with E-state index >= 15 is 0 Å². The van der Waals surface area contributed by atoms with Crippen molar-refractivity contribution in [2.45, 2.75) is 13.8 Å². The van der Waals surface area contributed by atoms with Gasteiger partial charge in [-0.3, -0.25) is 18.9 Å². The van der Waals surface area contributed by atoms with Crippen molar-refractivity contribution in [1.82, 2.24) is 18.7 Å². The second-order valence-corrected chi connectivity index (χ2v) is 9.02. The molecule has 0 atom stereocenters. The number of nitrogens with zero attached hydrogens (tertiary/aromatic N) is 4. The Morgan fingerprint density at radius 3 is 2.42 bits per heavy atom. The minimum absolute atomic E-state index is 0.393. The van der Waals surface area contributed by atoms with Gasteiger partial charge < -0.3 is 4.57 Å². The summed E-state index contributed by atoms with van der Waals surface area (Å²) in [5, 5.41) is 2.26. The van der Waals surface area contributed by atoms with Crippen molar-refractivity contribution in [2.24, 2.45) is 14.1 Å². The Morgan fingerprint density at radius 2 is 1.70 bits per heavy atom. The summed E-state index contributed by atoms with van der Waals surface area (Å²) in [6.45, 7) is 3.99. The number of benzene rings is 2. The number of fused-ring (bicyclic) bond motifs is 2. The Morgan fingerprint density at radius 1 is 0.939 bits per heavy atom. The van der Waals surface area contributed by atoms with Crippen LogP contribution in [0.1, 0.15) is 11.3 Å². The van der Waals surface area contributed by atoms with Crippen LogP contribution in [-0.2, 0) is 14.1 Å². The SMILES string of the molecule is Cc1cc2cccc(-n3cc4c(c3-c3ccc(Cl)cc3Cl)c(=O)n(C)c(=O)n4C)c2nc1C. The number of para-hydroxylation sites is 1. The summed E-state index contributed by atoms with van der Waals surface area (Å²) in [7, 11) is 3.12. The number of pyridine rings is 1. The molecule has 5 rings (SSSR count). The Hall–Kier alpha value is -3.35. The fourth-order valence-electron chi connectivity index (χ4n) is 4.25. The Balaban J connectivity index is 2.02. The number of halogens is 2. The van der Waals surface area contributed by atoms with E-state index in [1.807, 2.05) is 36.6 Å². The molecule has 0 aliphatic heterocycles.